The van der Waals surface area contributed by atoms with Gasteiger partial charge in [0.05, 0.1) is 19.8 Å². The summed E-state index contributed by atoms with van der Waals surface area (Å²) in [5.74, 6) is -0.391. The Morgan fingerprint density at radius 1 is 0.514 bits per heavy atom. The number of ether oxygens (including phenoxy) is 4. The van der Waals surface area contributed by atoms with Crippen molar-refractivity contribution in [2.24, 2.45) is 0 Å². The lowest BCUT2D eigenvalue weighted by atomic mass is 9.99. The van der Waals surface area contributed by atoms with Crippen molar-refractivity contribution in [3.63, 3.8) is 0 Å². The molecule has 0 aromatic carbocycles. The van der Waals surface area contributed by atoms with E-state index in [0.717, 1.165) is 38.5 Å². The molecule has 0 saturated carbocycles. The molecular formula is C59H114O12S. The van der Waals surface area contributed by atoms with E-state index < -0.39 is 59.8 Å². The van der Waals surface area contributed by atoms with E-state index >= 15 is 0 Å². The molecule has 0 amide bonds. The van der Waals surface area contributed by atoms with E-state index in [1.165, 1.54) is 231 Å². The summed E-state index contributed by atoms with van der Waals surface area (Å²) in [4.78, 5) is 13.0. The van der Waals surface area contributed by atoms with Crippen LogP contribution in [0.4, 0.5) is 0 Å². The zero-order valence-corrected chi connectivity index (χ0v) is 47.3. The van der Waals surface area contributed by atoms with E-state index in [9.17, 15) is 33.1 Å². The number of hydrogen-bond acceptors (Lipinski definition) is 11. The Kier molecular flexibility index (Phi) is 48.4. The fraction of sp³-hybridized carbons (Fsp3) is 0.949. The smallest absolute Gasteiger partial charge is 0.397 e. The second-order valence-electron chi connectivity index (χ2n) is 21.3. The molecule has 1 rings (SSSR count). The monoisotopic (exact) mass is 1050 g/mol. The van der Waals surface area contributed by atoms with Gasteiger partial charge in [0.2, 0.25) is 0 Å². The number of carbonyl (C=O) groups excluding carboxylic acids is 1. The molecule has 4 N–H and O–H groups in total. The van der Waals surface area contributed by atoms with Crippen LogP contribution in [0.25, 0.3) is 0 Å². The summed E-state index contributed by atoms with van der Waals surface area (Å²) in [6.07, 6.45) is 51.1. The van der Waals surface area contributed by atoms with Crippen LogP contribution < -0.4 is 0 Å². The van der Waals surface area contributed by atoms with Crippen LogP contribution >= 0.6 is 0 Å². The topological polar surface area (TPSA) is 178 Å². The van der Waals surface area contributed by atoms with Crippen LogP contribution in [0.15, 0.2) is 12.2 Å². The van der Waals surface area contributed by atoms with Crippen LogP contribution in [-0.4, -0.2) is 97.5 Å². The maximum atomic E-state index is 13.0. The van der Waals surface area contributed by atoms with Crippen LogP contribution in [0, 0.1) is 0 Å². The lowest BCUT2D eigenvalue weighted by molar-refractivity contribution is -0.301. The highest BCUT2D eigenvalue weighted by Gasteiger charge is 2.48. The van der Waals surface area contributed by atoms with Gasteiger partial charge in [-0.05, 0) is 38.5 Å². The van der Waals surface area contributed by atoms with E-state index in [0.29, 0.717) is 13.0 Å². The molecule has 1 heterocycles. The van der Waals surface area contributed by atoms with Crippen molar-refractivity contribution in [3.05, 3.63) is 12.2 Å². The lowest BCUT2D eigenvalue weighted by Gasteiger charge is -2.41. The van der Waals surface area contributed by atoms with E-state index in [1.54, 1.807) is 0 Å². The third-order valence-corrected chi connectivity index (χ3v) is 14.9. The fourth-order valence-corrected chi connectivity index (χ4v) is 10.3. The third-order valence-electron chi connectivity index (χ3n) is 14.4. The van der Waals surface area contributed by atoms with Gasteiger partial charge in [0.25, 0.3) is 0 Å². The quantitative estimate of drug-likeness (QED) is 0.0196. The van der Waals surface area contributed by atoms with E-state index in [-0.39, 0.29) is 19.6 Å². The van der Waals surface area contributed by atoms with Crippen LogP contribution in [0.5, 0.6) is 0 Å². The molecule has 0 aromatic heterocycles. The molecule has 0 radical (unpaired) electrons. The Balaban J connectivity index is 2.26. The maximum Gasteiger partial charge on any atom is 0.397 e. The molecule has 6 unspecified atom stereocenters. The number of aliphatic hydroxyl groups is 3. The molecule has 12 nitrogen and oxygen atoms in total. The average molecular weight is 1050 g/mol. The van der Waals surface area contributed by atoms with Gasteiger partial charge in [-0.1, -0.05) is 264 Å². The predicted molar refractivity (Wildman–Crippen MR) is 294 cm³/mol. The Bertz CT molecular complexity index is 1300. The first kappa shape index (κ1) is 68.9. The molecule has 0 bridgehead atoms. The third kappa shape index (κ3) is 43.0. The van der Waals surface area contributed by atoms with Crippen molar-refractivity contribution in [1.29, 1.82) is 0 Å². The zero-order chi connectivity index (χ0) is 52.4. The Hall–Kier alpha value is -1.16. The van der Waals surface area contributed by atoms with Crippen LogP contribution in [0.3, 0.4) is 0 Å². The van der Waals surface area contributed by atoms with Crippen molar-refractivity contribution in [3.8, 4) is 0 Å². The molecule has 6 atom stereocenters. The molecule has 0 spiro atoms. The number of aliphatic hydroxyl groups excluding tert-OH is 3. The molecule has 0 aliphatic carbocycles. The number of carbonyl (C=O) groups is 1. The largest absolute Gasteiger partial charge is 0.457 e. The summed E-state index contributed by atoms with van der Waals surface area (Å²) in [7, 11) is -5.06. The summed E-state index contributed by atoms with van der Waals surface area (Å²) in [6.45, 7) is 4.07. The summed E-state index contributed by atoms with van der Waals surface area (Å²) in [5.41, 5.74) is 0. The number of unbranched alkanes of at least 4 members (excludes halogenated alkanes) is 40. The van der Waals surface area contributed by atoms with Crippen molar-refractivity contribution in [2.45, 2.75) is 333 Å². The molecule has 1 saturated heterocycles. The molecule has 428 valence electrons. The lowest BCUT2D eigenvalue weighted by Crippen LogP contribution is -2.60. The predicted octanol–water partition coefficient (Wildman–Crippen LogP) is 15.3. The van der Waals surface area contributed by atoms with Gasteiger partial charge in [0.1, 0.15) is 30.5 Å². The first-order chi connectivity index (χ1) is 35.1. The zero-order valence-electron chi connectivity index (χ0n) is 46.5. The van der Waals surface area contributed by atoms with Crippen molar-refractivity contribution in [1.82, 2.24) is 0 Å². The Labute approximate surface area is 442 Å². The minimum Gasteiger partial charge on any atom is -0.457 e. The van der Waals surface area contributed by atoms with Gasteiger partial charge in [0.15, 0.2) is 6.29 Å². The van der Waals surface area contributed by atoms with Gasteiger partial charge in [-0.3, -0.25) is 9.35 Å². The van der Waals surface area contributed by atoms with Crippen molar-refractivity contribution in [2.75, 3.05) is 26.4 Å². The van der Waals surface area contributed by atoms with Gasteiger partial charge in [-0.25, -0.2) is 4.18 Å². The molecule has 1 aliphatic rings. The van der Waals surface area contributed by atoms with E-state index in [1.807, 2.05) is 0 Å². The second-order valence-corrected chi connectivity index (χ2v) is 22.4. The Morgan fingerprint density at radius 2 is 0.875 bits per heavy atom. The number of esters is 1. The molecular weight excluding hydrogens is 933 g/mol. The molecule has 0 aromatic rings. The van der Waals surface area contributed by atoms with E-state index in [4.69, 9.17) is 18.9 Å². The van der Waals surface area contributed by atoms with Crippen LogP contribution in [0.1, 0.15) is 296 Å². The summed E-state index contributed by atoms with van der Waals surface area (Å²) in [6, 6.07) is 0. The Morgan fingerprint density at radius 3 is 1.25 bits per heavy atom. The summed E-state index contributed by atoms with van der Waals surface area (Å²) < 4.78 is 59.5. The maximum absolute atomic E-state index is 13.0. The summed E-state index contributed by atoms with van der Waals surface area (Å²) in [5, 5.41) is 30.9. The molecule has 72 heavy (non-hydrogen) atoms. The van der Waals surface area contributed by atoms with Crippen molar-refractivity contribution < 1.29 is 56.2 Å². The van der Waals surface area contributed by atoms with Gasteiger partial charge in [-0.15, -0.1) is 0 Å². The SMILES string of the molecule is CCCCCCCCCC/C=C\CCCCCCCCCCCCOCC(COC1OC(CO)C(O)C(OS(=O)(=O)O)C1O)OC(=O)CCCCCCCCCCCCCCCCCCCCCCCCC. The molecule has 13 heteroatoms. The van der Waals surface area contributed by atoms with Gasteiger partial charge in [-0.2, -0.15) is 8.42 Å². The van der Waals surface area contributed by atoms with Crippen LogP contribution in [0.2, 0.25) is 0 Å². The molecule has 1 fully saturated rings. The minimum atomic E-state index is -5.06. The summed E-state index contributed by atoms with van der Waals surface area (Å²) >= 11 is 0. The first-order valence-electron chi connectivity index (χ1n) is 30.4. The van der Waals surface area contributed by atoms with Crippen molar-refractivity contribution >= 4 is 16.4 Å². The standard InChI is InChI=1S/C59H114O12S/c1-3-5-7-9-11-13-15-17-19-21-23-25-27-28-30-32-34-36-38-40-42-44-46-48-55(61)69-53(52-68-59-57(63)58(71-72(64,65)66)56(62)54(50-60)70-59)51-67-49-47-45-43-41-39-37-35-33-31-29-26-24-22-20-18-16-14-12-10-8-6-4-2/h22,24,53-54,56-60,62-63H,3-21,23,25-52H2,1-2H3,(H,64,65,66)/b24-22-. The second kappa shape index (κ2) is 50.6. The fourth-order valence-electron chi connectivity index (χ4n) is 9.79. The minimum absolute atomic E-state index is 0.0417. The first-order valence-corrected chi connectivity index (χ1v) is 31.8. The highest BCUT2D eigenvalue weighted by atomic mass is 32.3. The van der Waals surface area contributed by atoms with Gasteiger partial charge >= 0.3 is 16.4 Å². The highest BCUT2D eigenvalue weighted by molar-refractivity contribution is 7.80. The average Bonchev–Trinajstić information content (AvgIpc) is 3.36. The number of allylic oxidation sites excluding steroid dienone is 2. The molecule has 1 aliphatic heterocycles. The van der Waals surface area contributed by atoms with E-state index in [2.05, 4.69) is 30.2 Å². The number of rotatable bonds is 55. The number of hydrogen-bond donors (Lipinski definition) is 4. The highest BCUT2D eigenvalue weighted by Crippen LogP contribution is 2.26. The van der Waals surface area contributed by atoms with Gasteiger partial charge < -0.3 is 34.3 Å². The van der Waals surface area contributed by atoms with Gasteiger partial charge in [0, 0.05) is 13.0 Å². The van der Waals surface area contributed by atoms with Crippen LogP contribution in [-0.2, 0) is 38.3 Å². The normalized spacial score (nSPS) is 18.9.